The molecule has 3 heterocycles. The van der Waals surface area contributed by atoms with Crippen LogP contribution in [0.15, 0.2) is 30.5 Å². The highest BCUT2D eigenvalue weighted by molar-refractivity contribution is 6.33. The number of pyridine rings is 1. The second-order valence-corrected chi connectivity index (χ2v) is 8.91. The summed E-state index contributed by atoms with van der Waals surface area (Å²) >= 11 is 12.6. The Balaban J connectivity index is 1.43. The van der Waals surface area contributed by atoms with Gasteiger partial charge < -0.3 is 14.5 Å². The number of carbonyl (C=O) groups excluding carboxylic acids is 1. The highest BCUT2D eigenvalue weighted by atomic mass is 35.5. The molecule has 1 aliphatic rings. The van der Waals surface area contributed by atoms with Crippen molar-refractivity contribution in [2.45, 2.75) is 27.3 Å². The number of ether oxygens (including phenoxy) is 1. The number of aryl methyl sites for hydroxylation is 1. The summed E-state index contributed by atoms with van der Waals surface area (Å²) in [6, 6.07) is 6.65. The Morgan fingerprint density at radius 1 is 1.15 bits per heavy atom. The van der Waals surface area contributed by atoms with E-state index in [1.807, 2.05) is 37.8 Å². The normalized spacial score (nSPS) is 13.9. The summed E-state index contributed by atoms with van der Waals surface area (Å²) in [7, 11) is 0. The van der Waals surface area contributed by atoms with Gasteiger partial charge in [0, 0.05) is 49.7 Å². The van der Waals surface area contributed by atoms with E-state index in [4.69, 9.17) is 27.9 Å². The zero-order chi connectivity index (χ0) is 24.4. The SMILES string of the molecule is CCOc1cc(N2CCN(C(=O)Cn3nc(-c4ccnc(C)c4)c(Cl)c3C)CC2)c(F)cc1Cl. The van der Waals surface area contributed by atoms with Gasteiger partial charge in [0.25, 0.3) is 0 Å². The van der Waals surface area contributed by atoms with E-state index in [0.29, 0.717) is 54.9 Å². The minimum absolute atomic E-state index is 0.0639. The van der Waals surface area contributed by atoms with Gasteiger partial charge in [0.15, 0.2) is 0 Å². The van der Waals surface area contributed by atoms with Gasteiger partial charge >= 0.3 is 0 Å². The van der Waals surface area contributed by atoms with Crippen LogP contribution in [0.4, 0.5) is 10.1 Å². The smallest absolute Gasteiger partial charge is 0.244 e. The third kappa shape index (κ3) is 4.98. The van der Waals surface area contributed by atoms with E-state index in [1.165, 1.54) is 6.07 Å². The van der Waals surface area contributed by atoms with E-state index in [1.54, 1.807) is 21.8 Å². The summed E-state index contributed by atoms with van der Waals surface area (Å²) in [4.78, 5) is 20.9. The van der Waals surface area contributed by atoms with Crippen molar-refractivity contribution in [2.24, 2.45) is 0 Å². The fourth-order valence-corrected chi connectivity index (χ4v) is 4.46. The monoisotopic (exact) mass is 505 g/mol. The molecule has 2 aromatic heterocycles. The number of aromatic nitrogens is 3. The summed E-state index contributed by atoms with van der Waals surface area (Å²) in [5.41, 5.74) is 3.50. The van der Waals surface area contributed by atoms with Crippen LogP contribution in [0.5, 0.6) is 5.75 Å². The largest absolute Gasteiger partial charge is 0.492 e. The van der Waals surface area contributed by atoms with E-state index in [-0.39, 0.29) is 17.5 Å². The Hall–Kier alpha value is -2.84. The fraction of sp³-hybridized carbons (Fsp3) is 0.375. The van der Waals surface area contributed by atoms with Crippen LogP contribution in [0.1, 0.15) is 18.3 Å². The van der Waals surface area contributed by atoms with Gasteiger partial charge in [-0.2, -0.15) is 5.10 Å². The number of piperazine rings is 1. The predicted molar refractivity (Wildman–Crippen MR) is 131 cm³/mol. The van der Waals surface area contributed by atoms with Gasteiger partial charge in [-0.15, -0.1) is 0 Å². The maximum atomic E-state index is 14.6. The van der Waals surface area contributed by atoms with Crippen molar-refractivity contribution >= 4 is 34.8 Å². The Morgan fingerprint density at radius 2 is 1.88 bits per heavy atom. The standard InChI is InChI=1S/C24H26Cl2FN5O2/c1-4-34-21-13-20(19(27)12-18(21)25)30-7-9-31(10-8-30)22(33)14-32-16(3)23(26)24(29-32)17-5-6-28-15(2)11-17/h5-6,11-13H,4,7-10,14H2,1-3H3. The number of amides is 1. The fourth-order valence-electron chi connectivity index (χ4n) is 4.01. The van der Waals surface area contributed by atoms with Crippen molar-refractivity contribution in [3.63, 3.8) is 0 Å². The number of anilines is 1. The lowest BCUT2D eigenvalue weighted by Gasteiger charge is -2.36. The van der Waals surface area contributed by atoms with Crippen LogP contribution in [0, 0.1) is 19.7 Å². The van der Waals surface area contributed by atoms with Gasteiger partial charge in [0.05, 0.1) is 28.0 Å². The van der Waals surface area contributed by atoms with Crippen LogP contribution in [-0.2, 0) is 11.3 Å². The number of carbonyl (C=O) groups is 1. The molecule has 0 saturated carbocycles. The van der Waals surface area contributed by atoms with Crippen molar-refractivity contribution in [2.75, 3.05) is 37.7 Å². The lowest BCUT2D eigenvalue weighted by atomic mass is 10.1. The molecule has 0 radical (unpaired) electrons. The molecule has 1 aromatic carbocycles. The lowest BCUT2D eigenvalue weighted by Crippen LogP contribution is -2.50. The quantitative estimate of drug-likeness (QED) is 0.483. The molecule has 0 atom stereocenters. The second-order valence-electron chi connectivity index (χ2n) is 8.13. The van der Waals surface area contributed by atoms with Crippen LogP contribution in [0.3, 0.4) is 0 Å². The average Bonchev–Trinajstić information content (AvgIpc) is 3.09. The molecule has 0 aliphatic carbocycles. The van der Waals surface area contributed by atoms with Gasteiger partial charge in [0.1, 0.15) is 23.8 Å². The molecule has 0 unspecified atom stereocenters. The molecule has 10 heteroatoms. The minimum atomic E-state index is -0.408. The molecule has 4 rings (SSSR count). The van der Waals surface area contributed by atoms with E-state index >= 15 is 0 Å². The van der Waals surface area contributed by atoms with Gasteiger partial charge in [-0.1, -0.05) is 23.2 Å². The molecule has 0 N–H and O–H groups in total. The molecule has 1 fully saturated rings. The first kappa shape index (κ1) is 24.3. The zero-order valence-electron chi connectivity index (χ0n) is 19.3. The Bertz CT molecular complexity index is 1210. The third-order valence-corrected chi connectivity index (χ3v) is 6.61. The molecule has 0 bridgehead atoms. The van der Waals surface area contributed by atoms with Crippen molar-refractivity contribution in [3.8, 4) is 17.0 Å². The number of benzene rings is 1. The maximum absolute atomic E-state index is 14.6. The number of rotatable bonds is 6. The first-order valence-electron chi connectivity index (χ1n) is 11.1. The lowest BCUT2D eigenvalue weighted by molar-refractivity contribution is -0.132. The molecule has 34 heavy (non-hydrogen) atoms. The summed E-state index contributed by atoms with van der Waals surface area (Å²) in [6.07, 6.45) is 1.71. The second kappa shape index (κ2) is 10.2. The third-order valence-electron chi connectivity index (χ3n) is 5.86. The van der Waals surface area contributed by atoms with Crippen LogP contribution < -0.4 is 9.64 Å². The predicted octanol–water partition coefficient (Wildman–Crippen LogP) is 4.76. The molecule has 0 spiro atoms. The average molecular weight is 506 g/mol. The van der Waals surface area contributed by atoms with Crippen molar-refractivity contribution < 1.29 is 13.9 Å². The molecular formula is C24H26Cl2FN5O2. The van der Waals surface area contributed by atoms with Crippen molar-refractivity contribution in [3.05, 3.63) is 57.7 Å². The van der Waals surface area contributed by atoms with Crippen molar-refractivity contribution in [1.29, 1.82) is 0 Å². The van der Waals surface area contributed by atoms with Gasteiger partial charge in [0.2, 0.25) is 5.91 Å². The van der Waals surface area contributed by atoms with Gasteiger partial charge in [-0.3, -0.25) is 14.5 Å². The van der Waals surface area contributed by atoms with E-state index in [9.17, 15) is 9.18 Å². The van der Waals surface area contributed by atoms with E-state index in [0.717, 1.165) is 17.0 Å². The van der Waals surface area contributed by atoms with Crippen molar-refractivity contribution in [1.82, 2.24) is 19.7 Å². The Morgan fingerprint density at radius 3 is 2.56 bits per heavy atom. The van der Waals surface area contributed by atoms with Crippen LogP contribution in [-0.4, -0.2) is 58.4 Å². The van der Waals surface area contributed by atoms with Crippen LogP contribution in [0.25, 0.3) is 11.3 Å². The summed E-state index contributed by atoms with van der Waals surface area (Å²) in [5.74, 6) is -0.0230. The maximum Gasteiger partial charge on any atom is 0.244 e. The topological polar surface area (TPSA) is 63.5 Å². The molecule has 3 aromatic rings. The Kier molecular flexibility index (Phi) is 7.28. The summed E-state index contributed by atoms with van der Waals surface area (Å²) in [6.45, 7) is 8.04. The number of halogens is 3. The first-order chi connectivity index (χ1) is 16.3. The number of hydrogen-bond acceptors (Lipinski definition) is 5. The number of hydrogen-bond donors (Lipinski definition) is 0. The molecule has 180 valence electrons. The van der Waals surface area contributed by atoms with Gasteiger partial charge in [-0.05, 0) is 39.0 Å². The zero-order valence-corrected chi connectivity index (χ0v) is 20.8. The summed E-state index contributed by atoms with van der Waals surface area (Å²) < 4.78 is 21.7. The highest BCUT2D eigenvalue weighted by Gasteiger charge is 2.25. The summed E-state index contributed by atoms with van der Waals surface area (Å²) in [5, 5.41) is 5.35. The molecule has 1 amide bonds. The Labute approximate surface area is 208 Å². The van der Waals surface area contributed by atoms with Crippen LogP contribution in [0.2, 0.25) is 10.0 Å². The highest BCUT2D eigenvalue weighted by Crippen LogP contribution is 2.33. The van der Waals surface area contributed by atoms with Gasteiger partial charge in [-0.25, -0.2) is 4.39 Å². The number of nitrogens with zero attached hydrogens (tertiary/aromatic N) is 5. The van der Waals surface area contributed by atoms with E-state index < -0.39 is 5.82 Å². The van der Waals surface area contributed by atoms with E-state index in [2.05, 4.69) is 10.1 Å². The molecular weight excluding hydrogens is 480 g/mol. The first-order valence-corrected chi connectivity index (χ1v) is 11.8. The van der Waals surface area contributed by atoms with Crippen LogP contribution >= 0.6 is 23.2 Å². The molecule has 1 saturated heterocycles. The molecule has 1 aliphatic heterocycles. The molecule has 7 nitrogen and oxygen atoms in total. The minimum Gasteiger partial charge on any atom is -0.492 e.